The van der Waals surface area contributed by atoms with Gasteiger partial charge in [-0.25, -0.2) is 4.99 Å². The highest BCUT2D eigenvalue weighted by molar-refractivity contribution is 5.97. The van der Waals surface area contributed by atoms with Crippen LogP contribution in [0.4, 0.5) is 24.5 Å². The van der Waals surface area contributed by atoms with E-state index >= 15 is 0 Å². The number of halogens is 3. The first-order chi connectivity index (χ1) is 18.8. The van der Waals surface area contributed by atoms with Gasteiger partial charge in [0.2, 0.25) is 0 Å². The van der Waals surface area contributed by atoms with Crippen molar-refractivity contribution in [3.63, 3.8) is 0 Å². The number of nitrogens with zero attached hydrogens (tertiary/aromatic N) is 1. The summed E-state index contributed by atoms with van der Waals surface area (Å²) in [6.07, 6.45) is 1.40. The average molecular weight is 563 g/mol. The summed E-state index contributed by atoms with van der Waals surface area (Å²) in [6.45, 7) is 8.81. The van der Waals surface area contributed by atoms with Crippen LogP contribution in [0.5, 0.6) is 11.5 Å². The number of aryl methyl sites for hydroxylation is 1. The molecule has 6 nitrogen and oxygen atoms in total. The van der Waals surface area contributed by atoms with E-state index in [1.807, 2.05) is 6.92 Å². The number of benzene rings is 2. The molecule has 1 unspecified atom stereocenters. The molecule has 2 aromatic rings. The van der Waals surface area contributed by atoms with Crippen LogP contribution in [0.25, 0.3) is 0 Å². The van der Waals surface area contributed by atoms with E-state index in [1.54, 1.807) is 12.1 Å². The smallest absolute Gasteiger partial charge is 0.496 e. The molecule has 0 aromatic heterocycles. The van der Waals surface area contributed by atoms with Gasteiger partial charge in [-0.3, -0.25) is 4.79 Å². The molecule has 9 heteroatoms. The van der Waals surface area contributed by atoms with Crippen LogP contribution in [0.1, 0.15) is 70.4 Å². The van der Waals surface area contributed by atoms with Gasteiger partial charge < -0.3 is 19.9 Å². The van der Waals surface area contributed by atoms with Gasteiger partial charge in [-0.15, -0.1) is 13.2 Å². The lowest BCUT2D eigenvalue weighted by Gasteiger charge is -2.37. The molecule has 1 fully saturated rings. The summed E-state index contributed by atoms with van der Waals surface area (Å²) in [5, 5.41) is 12.6. The highest BCUT2D eigenvalue weighted by atomic mass is 19.4. The Morgan fingerprint density at radius 1 is 1.18 bits per heavy atom. The Labute approximate surface area is 235 Å². The quantitative estimate of drug-likeness (QED) is 0.212. The minimum atomic E-state index is -4.76. The number of hydrogen-bond donors (Lipinski definition) is 2. The number of nitrogens with one attached hydrogen (secondary N) is 1. The van der Waals surface area contributed by atoms with Crippen LogP contribution in [0.3, 0.4) is 0 Å². The molecular formula is C31H41F3N2O4. The van der Waals surface area contributed by atoms with Crippen molar-refractivity contribution in [2.45, 2.75) is 79.0 Å². The number of hydrogen-bond acceptors (Lipinski definition) is 4. The maximum atomic E-state index is 12.6. The fraction of sp³-hybridized carbons (Fsp3) is 0.548. The monoisotopic (exact) mass is 562 g/mol. The summed E-state index contributed by atoms with van der Waals surface area (Å²) in [5.41, 5.74) is 2.53. The first-order valence-corrected chi connectivity index (χ1v) is 13.9. The third kappa shape index (κ3) is 9.45. The number of methoxy groups -OCH3 is 1. The lowest BCUT2D eigenvalue weighted by molar-refractivity contribution is -0.274. The van der Waals surface area contributed by atoms with Gasteiger partial charge in [-0.2, -0.15) is 0 Å². The zero-order chi connectivity index (χ0) is 29.4. The zero-order valence-corrected chi connectivity index (χ0v) is 24.0. The Morgan fingerprint density at radius 2 is 1.88 bits per heavy atom. The van der Waals surface area contributed by atoms with Gasteiger partial charge in [0.05, 0.1) is 19.2 Å². The van der Waals surface area contributed by atoms with Gasteiger partial charge in [-0.05, 0) is 98.2 Å². The van der Waals surface area contributed by atoms with Crippen LogP contribution in [0.15, 0.2) is 41.4 Å². The number of ether oxygens (including phenoxy) is 2. The number of aliphatic imine (C=N–C) groups is 1. The molecular weight excluding hydrogens is 521 g/mol. The van der Waals surface area contributed by atoms with Gasteiger partial charge in [0, 0.05) is 17.7 Å². The number of carboxylic acids is 1. The predicted molar refractivity (Wildman–Crippen MR) is 152 cm³/mol. The van der Waals surface area contributed by atoms with E-state index in [9.17, 15) is 23.1 Å². The van der Waals surface area contributed by atoms with E-state index in [4.69, 9.17) is 9.73 Å². The molecule has 2 N–H and O–H groups in total. The van der Waals surface area contributed by atoms with Crippen molar-refractivity contribution in [3.8, 4) is 11.5 Å². The van der Waals surface area contributed by atoms with Crippen LogP contribution in [-0.4, -0.2) is 30.4 Å². The van der Waals surface area contributed by atoms with Crippen molar-refractivity contribution in [1.29, 1.82) is 0 Å². The Morgan fingerprint density at radius 3 is 2.48 bits per heavy atom. The number of rotatable bonds is 11. The molecule has 220 valence electrons. The normalized spacial score (nSPS) is 19.9. The molecule has 40 heavy (non-hydrogen) atoms. The Bertz CT molecular complexity index is 1160. The lowest BCUT2D eigenvalue weighted by atomic mass is 9.68. The molecule has 1 saturated carbocycles. The Kier molecular flexibility index (Phi) is 10.9. The predicted octanol–water partition coefficient (Wildman–Crippen LogP) is 8.55. The number of carbonyl (C=O) groups is 1. The number of anilines is 1. The second kappa shape index (κ2) is 13.9. The Hall–Kier alpha value is -3.23. The number of carboxylic acid groups (broad SMARTS) is 1. The molecule has 1 aliphatic rings. The van der Waals surface area contributed by atoms with Gasteiger partial charge >= 0.3 is 12.3 Å². The van der Waals surface area contributed by atoms with E-state index in [2.05, 4.69) is 30.8 Å². The third-order valence-electron chi connectivity index (χ3n) is 7.72. The highest BCUT2D eigenvalue weighted by Gasteiger charge is 2.31. The van der Waals surface area contributed by atoms with E-state index < -0.39 is 12.3 Å². The van der Waals surface area contributed by atoms with Crippen molar-refractivity contribution >= 4 is 23.2 Å². The molecule has 0 bridgehead atoms. The first-order valence-electron chi connectivity index (χ1n) is 13.9. The van der Waals surface area contributed by atoms with E-state index in [1.165, 1.54) is 50.6 Å². The molecule has 0 saturated heterocycles. The second-order valence-electron chi connectivity index (χ2n) is 11.3. The van der Waals surface area contributed by atoms with Gasteiger partial charge in [0.15, 0.2) is 0 Å². The summed E-state index contributed by atoms with van der Waals surface area (Å²) in [7, 11) is 1.50. The standard InChI is InChI=1S/C31H41F3N2O4/c1-19(2)26-14-9-20(3)15-22(26)7-6-8-29(35-24-10-12-25(13-11-24)40-31(32,33)34)36-27-17-23(18-30(37)38)28(39-5)16-21(27)4/h10-13,16-17,19-20,22,26H,6-9,14-15,18H2,1-5H3,(H,35,36)(H,37,38)/t20-,22?,26+/m1/s1. The molecule has 0 radical (unpaired) electrons. The van der Waals surface area contributed by atoms with Crippen LogP contribution >= 0.6 is 0 Å². The lowest BCUT2D eigenvalue weighted by Crippen LogP contribution is -2.27. The summed E-state index contributed by atoms with van der Waals surface area (Å²) < 4.78 is 47.1. The van der Waals surface area contributed by atoms with Crippen LogP contribution in [0.2, 0.25) is 0 Å². The maximum absolute atomic E-state index is 12.6. The second-order valence-corrected chi connectivity index (χ2v) is 11.3. The van der Waals surface area contributed by atoms with E-state index in [0.29, 0.717) is 52.7 Å². The van der Waals surface area contributed by atoms with Crippen molar-refractivity contribution < 1.29 is 32.5 Å². The molecule has 2 aromatic carbocycles. The minimum absolute atomic E-state index is 0.203. The van der Waals surface area contributed by atoms with E-state index in [0.717, 1.165) is 24.3 Å². The molecule has 0 heterocycles. The fourth-order valence-electron chi connectivity index (χ4n) is 5.79. The van der Waals surface area contributed by atoms with Crippen molar-refractivity contribution in [2.24, 2.45) is 28.7 Å². The fourth-order valence-corrected chi connectivity index (χ4v) is 5.79. The summed E-state index contributed by atoms with van der Waals surface area (Å²) in [5.74, 6) is 2.57. The third-order valence-corrected chi connectivity index (χ3v) is 7.72. The maximum Gasteiger partial charge on any atom is 0.573 e. The van der Waals surface area contributed by atoms with Gasteiger partial charge in [-0.1, -0.05) is 27.2 Å². The van der Waals surface area contributed by atoms with E-state index in [-0.39, 0.29) is 12.2 Å². The Balaban J connectivity index is 1.86. The molecule has 3 atom stereocenters. The SMILES string of the molecule is COc1cc(C)c(N=C(CCCC2C[C@H](C)CC[C@H]2C(C)C)Nc2ccc(OC(F)(F)F)cc2)cc1CC(=O)O. The summed E-state index contributed by atoms with van der Waals surface area (Å²) in [6, 6.07) is 9.05. The summed E-state index contributed by atoms with van der Waals surface area (Å²) in [4.78, 5) is 16.3. The topological polar surface area (TPSA) is 80.1 Å². The van der Waals surface area contributed by atoms with Crippen molar-refractivity contribution in [3.05, 3.63) is 47.5 Å². The molecule has 0 spiro atoms. The number of alkyl halides is 3. The largest absolute Gasteiger partial charge is 0.573 e. The minimum Gasteiger partial charge on any atom is -0.496 e. The molecule has 0 amide bonds. The zero-order valence-electron chi connectivity index (χ0n) is 24.0. The van der Waals surface area contributed by atoms with Crippen LogP contribution in [-0.2, 0) is 11.2 Å². The summed E-state index contributed by atoms with van der Waals surface area (Å²) >= 11 is 0. The van der Waals surface area contributed by atoms with Crippen molar-refractivity contribution in [2.75, 3.05) is 12.4 Å². The van der Waals surface area contributed by atoms with Crippen LogP contribution in [0, 0.1) is 30.6 Å². The van der Waals surface area contributed by atoms with Gasteiger partial charge in [0.1, 0.15) is 17.3 Å². The molecule has 1 aliphatic carbocycles. The number of amidine groups is 1. The van der Waals surface area contributed by atoms with Crippen LogP contribution < -0.4 is 14.8 Å². The van der Waals surface area contributed by atoms with Gasteiger partial charge in [0.25, 0.3) is 0 Å². The average Bonchev–Trinajstić information content (AvgIpc) is 2.85. The number of aliphatic carboxylic acids is 1. The highest BCUT2D eigenvalue weighted by Crippen LogP contribution is 2.40. The molecule has 3 rings (SSSR count). The molecule has 0 aliphatic heterocycles. The van der Waals surface area contributed by atoms with Crippen molar-refractivity contribution in [1.82, 2.24) is 0 Å². The first kappa shape index (κ1) is 31.3.